The number of hydrogen-bond acceptors (Lipinski definition) is 6. The zero-order chi connectivity index (χ0) is 19.4. The highest BCUT2D eigenvalue weighted by Gasteiger charge is 2.20. The van der Waals surface area contributed by atoms with E-state index in [1.807, 2.05) is 0 Å². The van der Waals surface area contributed by atoms with Gasteiger partial charge in [-0.05, 0) is 18.6 Å². The van der Waals surface area contributed by atoms with Crippen LogP contribution in [0.15, 0.2) is 45.6 Å². The normalized spacial score (nSPS) is 10.8. The maximum Gasteiger partial charge on any atom is 0.239 e. The minimum Gasteiger partial charge on any atom is -0.507 e. The largest absolute Gasteiger partial charge is 0.507 e. The average molecular weight is 370 g/mol. The molecule has 2 aromatic carbocycles. The van der Waals surface area contributed by atoms with Crippen molar-refractivity contribution in [1.82, 2.24) is 0 Å². The Bertz CT molecular complexity index is 1010. The molecule has 0 amide bonds. The molecular formula is C21H22O6. The van der Waals surface area contributed by atoms with Gasteiger partial charge in [-0.3, -0.25) is 4.79 Å². The van der Waals surface area contributed by atoms with Crippen LogP contribution in [0.25, 0.3) is 22.3 Å². The van der Waals surface area contributed by atoms with E-state index in [0.717, 1.165) is 12.8 Å². The highest BCUT2D eigenvalue weighted by atomic mass is 16.5. The molecule has 0 aliphatic heterocycles. The number of fused-ring (bicyclic) bond motifs is 1. The second-order valence-corrected chi connectivity index (χ2v) is 6.04. The van der Waals surface area contributed by atoms with Gasteiger partial charge >= 0.3 is 0 Å². The maximum atomic E-state index is 12.9. The molecule has 0 bridgehead atoms. The van der Waals surface area contributed by atoms with Crippen LogP contribution in [0.2, 0.25) is 0 Å². The molecule has 0 atom stereocenters. The van der Waals surface area contributed by atoms with Crippen molar-refractivity contribution in [3.8, 4) is 34.3 Å². The Morgan fingerprint density at radius 3 is 2.59 bits per heavy atom. The van der Waals surface area contributed by atoms with Crippen molar-refractivity contribution in [1.29, 1.82) is 0 Å². The minimum atomic E-state index is -0.450. The minimum absolute atomic E-state index is 0.0192. The van der Waals surface area contributed by atoms with Crippen LogP contribution in [-0.2, 0) is 0 Å². The number of methoxy groups -OCH3 is 2. The van der Waals surface area contributed by atoms with E-state index in [0.29, 0.717) is 23.7 Å². The Hall–Kier alpha value is -3.15. The van der Waals surface area contributed by atoms with Gasteiger partial charge in [0.1, 0.15) is 28.2 Å². The highest BCUT2D eigenvalue weighted by molar-refractivity contribution is 5.88. The summed E-state index contributed by atoms with van der Waals surface area (Å²) in [6, 6.07) is 10.1. The summed E-state index contributed by atoms with van der Waals surface area (Å²) in [5, 5.41) is 10.4. The molecule has 0 saturated heterocycles. The molecule has 1 aromatic heterocycles. The molecule has 0 unspecified atom stereocenters. The smallest absolute Gasteiger partial charge is 0.239 e. The van der Waals surface area contributed by atoms with Gasteiger partial charge in [0.15, 0.2) is 5.76 Å². The molecule has 0 aliphatic carbocycles. The third kappa shape index (κ3) is 3.69. The number of ether oxygens (including phenoxy) is 3. The van der Waals surface area contributed by atoms with Crippen molar-refractivity contribution in [2.45, 2.75) is 19.8 Å². The SMILES string of the molecule is CCCCOc1cc(O)c2c(=O)c(OC)c(-c3cccc(OC)c3)oc2c1. The van der Waals surface area contributed by atoms with E-state index in [-0.39, 0.29) is 28.2 Å². The third-order valence-electron chi connectivity index (χ3n) is 4.21. The molecular weight excluding hydrogens is 348 g/mol. The number of benzene rings is 2. The van der Waals surface area contributed by atoms with E-state index in [9.17, 15) is 9.90 Å². The zero-order valence-electron chi connectivity index (χ0n) is 15.6. The first-order valence-corrected chi connectivity index (χ1v) is 8.74. The van der Waals surface area contributed by atoms with Gasteiger partial charge in [-0.25, -0.2) is 0 Å². The number of hydrogen-bond donors (Lipinski definition) is 1. The molecule has 1 N–H and O–H groups in total. The molecule has 0 saturated carbocycles. The van der Waals surface area contributed by atoms with E-state index < -0.39 is 5.43 Å². The summed E-state index contributed by atoms with van der Waals surface area (Å²) in [4.78, 5) is 12.9. The molecule has 3 rings (SSSR count). The maximum absolute atomic E-state index is 12.9. The molecule has 0 aliphatic rings. The van der Waals surface area contributed by atoms with Crippen molar-refractivity contribution in [3.63, 3.8) is 0 Å². The number of phenols is 1. The standard InChI is InChI=1S/C21H22O6/c1-4-5-9-26-15-11-16(22)18-17(12-15)27-20(21(25-3)19(18)23)13-7-6-8-14(10-13)24-2/h6-8,10-12,22H,4-5,9H2,1-3H3. The Kier molecular flexibility index (Phi) is 5.54. The van der Waals surface area contributed by atoms with Gasteiger partial charge in [-0.15, -0.1) is 0 Å². The quantitative estimate of drug-likeness (QED) is 0.623. The zero-order valence-corrected chi connectivity index (χ0v) is 15.6. The van der Waals surface area contributed by atoms with Gasteiger partial charge in [-0.1, -0.05) is 25.5 Å². The fraction of sp³-hybridized carbons (Fsp3) is 0.286. The lowest BCUT2D eigenvalue weighted by molar-refractivity contribution is 0.307. The first-order chi connectivity index (χ1) is 13.1. The van der Waals surface area contributed by atoms with Crippen LogP contribution in [0.3, 0.4) is 0 Å². The summed E-state index contributed by atoms with van der Waals surface area (Å²) in [5.74, 6) is 1.14. The Balaban J connectivity index is 2.19. The first kappa shape index (κ1) is 18.6. The topological polar surface area (TPSA) is 78.1 Å². The molecule has 0 fully saturated rings. The van der Waals surface area contributed by atoms with E-state index in [4.69, 9.17) is 18.6 Å². The second kappa shape index (κ2) is 8.03. The van der Waals surface area contributed by atoms with E-state index >= 15 is 0 Å². The van der Waals surface area contributed by atoms with Crippen LogP contribution in [0.5, 0.6) is 23.0 Å². The van der Waals surface area contributed by atoms with E-state index in [1.54, 1.807) is 37.4 Å². The summed E-state index contributed by atoms with van der Waals surface area (Å²) in [5.41, 5.74) is 0.404. The van der Waals surface area contributed by atoms with Gasteiger partial charge in [0.2, 0.25) is 11.2 Å². The number of unbranched alkanes of at least 4 members (excludes halogenated alkanes) is 1. The van der Waals surface area contributed by atoms with Gasteiger partial charge in [-0.2, -0.15) is 0 Å². The third-order valence-corrected chi connectivity index (χ3v) is 4.21. The fourth-order valence-corrected chi connectivity index (χ4v) is 2.82. The van der Waals surface area contributed by atoms with Gasteiger partial charge in [0.05, 0.1) is 20.8 Å². The lowest BCUT2D eigenvalue weighted by atomic mass is 10.1. The van der Waals surface area contributed by atoms with Crippen LogP contribution in [0.1, 0.15) is 19.8 Å². The number of rotatable bonds is 7. The van der Waals surface area contributed by atoms with Crippen LogP contribution in [0.4, 0.5) is 0 Å². The van der Waals surface area contributed by atoms with Crippen LogP contribution in [0, 0.1) is 0 Å². The molecule has 142 valence electrons. The lowest BCUT2D eigenvalue weighted by Crippen LogP contribution is -2.08. The summed E-state index contributed by atoms with van der Waals surface area (Å²) >= 11 is 0. The fourth-order valence-electron chi connectivity index (χ4n) is 2.82. The van der Waals surface area contributed by atoms with E-state index in [1.165, 1.54) is 13.2 Å². The molecule has 3 aromatic rings. The van der Waals surface area contributed by atoms with Crippen molar-refractivity contribution in [2.24, 2.45) is 0 Å². The Morgan fingerprint density at radius 1 is 1.07 bits per heavy atom. The van der Waals surface area contributed by atoms with E-state index in [2.05, 4.69) is 6.92 Å². The molecule has 1 heterocycles. The summed E-state index contributed by atoms with van der Waals surface area (Å²) in [7, 11) is 2.95. The molecule has 6 heteroatoms. The predicted octanol–water partition coefficient (Wildman–Crippen LogP) is 4.36. The number of aromatic hydroxyl groups is 1. The Labute approximate surface area is 156 Å². The molecule has 6 nitrogen and oxygen atoms in total. The molecule has 27 heavy (non-hydrogen) atoms. The average Bonchev–Trinajstić information content (AvgIpc) is 2.67. The summed E-state index contributed by atoms with van der Waals surface area (Å²) in [6.07, 6.45) is 1.88. The number of phenolic OH excluding ortho intramolecular Hbond substituents is 1. The van der Waals surface area contributed by atoms with Crippen molar-refractivity contribution >= 4 is 11.0 Å². The first-order valence-electron chi connectivity index (χ1n) is 8.74. The Morgan fingerprint density at radius 2 is 1.89 bits per heavy atom. The predicted molar refractivity (Wildman–Crippen MR) is 103 cm³/mol. The molecule has 0 spiro atoms. The summed E-state index contributed by atoms with van der Waals surface area (Å²) < 4.78 is 22.1. The van der Waals surface area contributed by atoms with Crippen LogP contribution >= 0.6 is 0 Å². The second-order valence-electron chi connectivity index (χ2n) is 6.04. The molecule has 0 radical (unpaired) electrons. The monoisotopic (exact) mass is 370 g/mol. The van der Waals surface area contributed by atoms with Crippen LogP contribution in [-0.4, -0.2) is 25.9 Å². The van der Waals surface area contributed by atoms with Gasteiger partial charge < -0.3 is 23.7 Å². The highest BCUT2D eigenvalue weighted by Crippen LogP contribution is 2.36. The summed E-state index contributed by atoms with van der Waals surface area (Å²) in [6.45, 7) is 2.58. The van der Waals surface area contributed by atoms with Crippen molar-refractivity contribution in [2.75, 3.05) is 20.8 Å². The van der Waals surface area contributed by atoms with Gasteiger partial charge in [0.25, 0.3) is 0 Å². The van der Waals surface area contributed by atoms with Crippen molar-refractivity contribution in [3.05, 3.63) is 46.6 Å². The van der Waals surface area contributed by atoms with Crippen LogP contribution < -0.4 is 19.6 Å². The lowest BCUT2D eigenvalue weighted by Gasteiger charge is -2.12. The van der Waals surface area contributed by atoms with Gasteiger partial charge in [0, 0.05) is 17.7 Å². The van der Waals surface area contributed by atoms with Crippen molar-refractivity contribution < 1.29 is 23.7 Å².